The number of rotatable bonds is 6. The number of Topliss-reactive ketones (excluding diaryl/α,β-unsaturated/α-hetero) is 1. The fraction of sp³-hybridized carbons (Fsp3) is 0.455. The monoisotopic (exact) mass is 470 g/mol. The number of aromatic nitrogens is 3. The van der Waals surface area contributed by atoms with E-state index in [1.165, 1.54) is 6.20 Å². The van der Waals surface area contributed by atoms with Crippen molar-refractivity contribution in [2.45, 2.75) is 19.3 Å². The topological polar surface area (TPSA) is 132 Å². The molecule has 4 rings (SSSR count). The van der Waals surface area contributed by atoms with Crippen molar-refractivity contribution in [2.24, 2.45) is 11.8 Å². The number of carbonyl (C=O) groups is 2. The zero-order valence-corrected chi connectivity index (χ0v) is 18.6. The van der Waals surface area contributed by atoms with Crippen molar-refractivity contribution >= 4 is 29.1 Å². The number of carbonyl (C=O) groups excluding carboxylic acids is 2. The van der Waals surface area contributed by atoms with E-state index in [4.69, 9.17) is 21.6 Å². The van der Waals surface area contributed by atoms with E-state index in [0.29, 0.717) is 44.6 Å². The molecule has 0 spiro atoms. The predicted molar refractivity (Wildman–Crippen MR) is 119 cm³/mol. The Morgan fingerprint density at radius 3 is 2.64 bits per heavy atom. The lowest BCUT2D eigenvalue weighted by atomic mass is 9.99. The second-order valence-electron chi connectivity index (χ2n) is 8.15. The number of piperazine rings is 1. The Bertz CT molecular complexity index is 1120. The van der Waals surface area contributed by atoms with Crippen molar-refractivity contribution in [3.63, 3.8) is 0 Å². The van der Waals surface area contributed by atoms with Crippen LogP contribution in [0.15, 0.2) is 29.3 Å². The number of hydrogen-bond donors (Lipinski definition) is 1. The highest BCUT2D eigenvalue weighted by Gasteiger charge is 2.37. The smallest absolute Gasteiger partial charge is 0.286 e. The lowest BCUT2D eigenvalue weighted by Crippen LogP contribution is -2.49. The average Bonchev–Trinajstić information content (AvgIpc) is 3.19. The molecule has 1 aliphatic carbocycles. The minimum Gasteiger partial charge on any atom is -0.489 e. The first-order chi connectivity index (χ1) is 16.0. The van der Waals surface area contributed by atoms with Crippen molar-refractivity contribution in [3.8, 4) is 11.8 Å². The molecule has 2 aromatic rings. The zero-order chi connectivity index (χ0) is 23.4. The molecule has 3 heterocycles. The lowest BCUT2D eigenvalue weighted by molar-refractivity contribution is -0.135. The molecular formula is C22H23ClN6O4. The highest BCUT2D eigenvalue weighted by molar-refractivity contribution is 6.31. The maximum atomic E-state index is 12.8. The molecule has 2 aromatic heterocycles. The van der Waals surface area contributed by atoms with Crippen molar-refractivity contribution in [2.75, 3.05) is 37.7 Å². The minimum absolute atomic E-state index is 0.0118. The fourth-order valence-corrected chi connectivity index (χ4v) is 4.36. The Balaban J connectivity index is 1.25. The van der Waals surface area contributed by atoms with E-state index in [1.54, 1.807) is 17.2 Å². The molecule has 0 radical (unpaired) electrons. The summed E-state index contributed by atoms with van der Waals surface area (Å²) < 4.78 is 5.55. The van der Waals surface area contributed by atoms with Crippen LogP contribution >= 0.6 is 11.6 Å². The van der Waals surface area contributed by atoms with Crippen LogP contribution in [0.5, 0.6) is 5.75 Å². The largest absolute Gasteiger partial charge is 0.489 e. The van der Waals surface area contributed by atoms with E-state index >= 15 is 0 Å². The molecule has 1 aliphatic heterocycles. The van der Waals surface area contributed by atoms with Crippen molar-refractivity contribution in [3.05, 3.63) is 45.5 Å². The molecule has 1 saturated carbocycles. The predicted octanol–water partition coefficient (Wildman–Crippen LogP) is 1.40. The van der Waals surface area contributed by atoms with Gasteiger partial charge in [-0.1, -0.05) is 11.6 Å². The van der Waals surface area contributed by atoms with Gasteiger partial charge < -0.3 is 14.5 Å². The second kappa shape index (κ2) is 10.0. The first kappa shape index (κ1) is 22.7. The quantitative estimate of drug-likeness (QED) is 0.670. The van der Waals surface area contributed by atoms with Gasteiger partial charge in [-0.05, 0) is 25.0 Å². The minimum atomic E-state index is -0.551. The lowest BCUT2D eigenvalue weighted by Gasteiger charge is -2.35. The normalized spacial score (nSPS) is 20.5. The number of pyridine rings is 1. The van der Waals surface area contributed by atoms with E-state index in [1.807, 2.05) is 12.1 Å². The number of anilines is 1. The number of nitrogens with zero attached hydrogens (tertiary/aromatic N) is 5. The Morgan fingerprint density at radius 1 is 1.18 bits per heavy atom. The van der Waals surface area contributed by atoms with Crippen LogP contribution in [-0.4, -0.2) is 64.6 Å². The van der Waals surface area contributed by atoms with E-state index < -0.39 is 5.56 Å². The first-order valence-electron chi connectivity index (χ1n) is 10.7. The Hall–Kier alpha value is -3.45. The number of H-pyrrole nitrogens is 1. The van der Waals surface area contributed by atoms with Crippen LogP contribution < -0.4 is 15.2 Å². The average molecular weight is 471 g/mol. The molecule has 2 aliphatic rings. The molecule has 10 nitrogen and oxygen atoms in total. The summed E-state index contributed by atoms with van der Waals surface area (Å²) in [4.78, 5) is 45.3. The molecule has 2 atom stereocenters. The summed E-state index contributed by atoms with van der Waals surface area (Å²) in [5.74, 6) is 0.254. The molecule has 1 saturated heterocycles. The van der Waals surface area contributed by atoms with Crippen LogP contribution in [-0.2, 0) is 9.59 Å². The summed E-state index contributed by atoms with van der Waals surface area (Å²) in [6.45, 7) is 2.50. The van der Waals surface area contributed by atoms with Gasteiger partial charge in [0.05, 0.1) is 24.3 Å². The maximum Gasteiger partial charge on any atom is 0.286 e. The summed E-state index contributed by atoms with van der Waals surface area (Å²) in [5, 5.41) is 14.6. The highest BCUT2D eigenvalue weighted by Crippen LogP contribution is 2.31. The molecule has 0 bridgehead atoms. The fourth-order valence-electron chi connectivity index (χ4n) is 4.21. The summed E-state index contributed by atoms with van der Waals surface area (Å²) in [5.41, 5.74) is -0.0415. The van der Waals surface area contributed by atoms with Crippen LogP contribution in [0.4, 0.5) is 5.82 Å². The van der Waals surface area contributed by atoms with Gasteiger partial charge in [0, 0.05) is 44.7 Å². The number of ketones is 1. The van der Waals surface area contributed by atoms with Crippen LogP contribution in [0.25, 0.3) is 0 Å². The second-order valence-corrected chi connectivity index (χ2v) is 8.53. The van der Waals surface area contributed by atoms with Crippen molar-refractivity contribution in [1.82, 2.24) is 20.1 Å². The molecule has 172 valence electrons. The summed E-state index contributed by atoms with van der Waals surface area (Å²) in [7, 11) is 0. The summed E-state index contributed by atoms with van der Waals surface area (Å²) in [6, 6.07) is 5.59. The van der Waals surface area contributed by atoms with Gasteiger partial charge in [-0.2, -0.15) is 10.4 Å². The van der Waals surface area contributed by atoms with Gasteiger partial charge in [0.1, 0.15) is 17.7 Å². The van der Waals surface area contributed by atoms with Crippen LogP contribution in [0.2, 0.25) is 5.02 Å². The summed E-state index contributed by atoms with van der Waals surface area (Å²) >= 11 is 5.90. The first-order valence-corrected chi connectivity index (χ1v) is 11.1. The van der Waals surface area contributed by atoms with Crippen LogP contribution in [0.1, 0.15) is 24.8 Å². The van der Waals surface area contributed by atoms with E-state index in [0.717, 1.165) is 5.82 Å². The molecule has 1 amide bonds. The maximum absolute atomic E-state index is 12.8. The number of nitriles is 1. The van der Waals surface area contributed by atoms with Crippen LogP contribution in [0.3, 0.4) is 0 Å². The molecule has 0 unspecified atom stereocenters. The third-order valence-electron chi connectivity index (χ3n) is 6.13. The number of amides is 1. The molecule has 0 aromatic carbocycles. The Morgan fingerprint density at radius 2 is 1.94 bits per heavy atom. The van der Waals surface area contributed by atoms with Gasteiger partial charge in [-0.15, -0.1) is 0 Å². The highest BCUT2D eigenvalue weighted by atomic mass is 35.5. The van der Waals surface area contributed by atoms with E-state index in [2.05, 4.69) is 20.1 Å². The number of nitrogens with one attached hydrogen (secondary N) is 1. The van der Waals surface area contributed by atoms with E-state index in [9.17, 15) is 14.4 Å². The van der Waals surface area contributed by atoms with Gasteiger partial charge >= 0.3 is 0 Å². The van der Waals surface area contributed by atoms with Crippen molar-refractivity contribution < 1.29 is 14.3 Å². The van der Waals surface area contributed by atoms with Gasteiger partial charge in [0.15, 0.2) is 10.8 Å². The standard InChI is InChI=1S/C22H23ClN6O4/c23-20-17(12-26-27-22(20)32)33-13-16-3-2-15(21(16)31)9-19(30)29-7-5-28(6-8-29)18-4-1-14(10-24)11-25-18/h1,4,11-12,15-16H,2-3,5-9,13H2,(H,27,32)/t15-,16+/m0/s1. The zero-order valence-electron chi connectivity index (χ0n) is 17.9. The molecule has 11 heteroatoms. The third-order valence-corrected chi connectivity index (χ3v) is 6.48. The van der Waals surface area contributed by atoms with Crippen LogP contribution in [0, 0.1) is 23.2 Å². The number of aromatic amines is 1. The SMILES string of the molecule is N#Cc1ccc(N2CCN(C(=O)C[C@@H]3CC[C@H](COc4cn[nH]c(=O)c4Cl)C3=O)CC2)nc1. The number of halogens is 1. The Kier molecular flexibility index (Phi) is 6.89. The molecule has 1 N–H and O–H groups in total. The third kappa shape index (κ3) is 5.14. The number of hydrogen-bond acceptors (Lipinski definition) is 8. The van der Waals surface area contributed by atoms with E-state index in [-0.39, 0.29) is 47.3 Å². The molecule has 2 fully saturated rings. The van der Waals surface area contributed by atoms with Gasteiger partial charge in [0.25, 0.3) is 5.56 Å². The number of ether oxygens (including phenoxy) is 1. The van der Waals surface area contributed by atoms with Gasteiger partial charge in [0.2, 0.25) is 5.91 Å². The Labute approximate surface area is 195 Å². The molecule has 33 heavy (non-hydrogen) atoms. The van der Waals surface area contributed by atoms with Crippen molar-refractivity contribution in [1.29, 1.82) is 5.26 Å². The molecular weight excluding hydrogens is 448 g/mol. The van der Waals surface area contributed by atoms with Gasteiger partial charge in [-0.3, -0.25) is 14.4 Å². The summed E-state index contributed by atoms with van der Waals surface area (Å²) in [6.07, 6.45) is 4.30. The van der Waals surface area contributed by atoms with Gasteiger partial charge in [-0.25, -0.2) is 10.1 Å².